The number of amides is 3. The first-order valence-corrected chi connectivity index (χ1v) is 5.58. The van der Waals surface area contributed by atoms with Crippen LogP contribution >= 0.6 is 0 Å². The summed E-state index contributed by atoms with van der Waals surface area (Å²) in [4.78, 5) is 24.6. The summed E-state index contributed by atoms with van der Waals surface area (Å²) in [7, 11) is 0. The second-order valence-corrected chi connectivity index (χ2v) is 4.19. The van der Waals surface area contributed by atoms with Crippen LogP contribution < -0.4 is 10.6 Å². The van der Waals surface area contributed by atoms with Gasteiger partial charge in [-0.1, -0.05) is 0 Å². The summed E-state index contributed by atoms with van der Waals surface area (Å²) in [6.45, 7) is 1.80. The highest BCUT2D eigenvalue weighted by Crippen LogP contribution is 2.18. The summed E-state index contributed by atoms with van der Waals surface area (Å²) >= 11 is 0. The van der Waals surface area contributed by atoms with Gasteiger partial charge in [0.25, 0.3) is 0 Å². The minimum absolute atomic E-state index is 0.0263. The number of hydrogen-bond donors (Lipinski definition) is 2. The number of rotatable bonds is 3. The Bertz CT molecular complexity index is 257. The van der Waals surface area contributed by atoms with Crippen LogP contribution in [-0.4, -0.2) is 42.5 Å². The van der Waals surface area contributed by atoms with Gasteiger partial charge in [-0.15, -0.1) is 0 Å². The van der Waals surface area contributed by atoms with E-state index in [1.54, 1.807) is 4.90 Å². The largest absolute Gasteiger partial charge is 0.341 e. The van der Waals surface area contributed by atoms with Gasteiger partial charge in [0.1, 0.15) is 0 Å². The molecule has 0 radical (unpaired) electrons. The molecule has 2 N–H and O–H groups in total. The van der Waals surface area contributed by atoms with Gasteiger partial charge >= 0.3 is 6.03 Å². The molecule has 5 heteroatoms. The van der Waals surface area contributed by atoms with E-state index in [-0.39, 0.29) is 18.5 Å². The number of carbonyl (C=O) groups excluding carboxylic acids is 2. The van der Waals surface area contributed by atoms with Gasteiger partial charge in [-0.05, 0) is 25.7 Å². The molecule has 0 aromatic heterocycles. The minimum atomic E-state index is -0.218. The monoisotopic (exact) mass is 211 g/mol. The predicted molar refractivity (Wildman–Crippen MR) is 55.4 cm³/mol. The summed E-state index contributed by atoms with van der Waals surface area (Å²) in [5.41, 5.74) is 0. The molecule has 2 rings (SSSR count). The van der Waals surface area contributed by atoms with E-state index in [0.717, 1.165) is 38.8 Å². The van der Waals surface area contributed by atoms with E-state index in [1.807, 2.05) is 0 Å². The first-order valence-electron chi connectivity index (χ1n) is 5.58. The van der Waals surface area contributed by atoms with Crippen molar-refractivity contribution in [3.8, 4) is 0 Å². The van der Waals surface area contributed by atoms with Gasteiger partial charge in [-0.25, -0.2) is 4.79 Å². The lowest BCUT2D eigenvalue weighted by Crippen LogP contribution is -2.43. The Balaban J connectivity index is 1.62. The van der Waals surface area contributed by atoms with Crippen molar-refractivity contribution in [2.24, 2.45) is 0 Å². The van der Waals surface area contributed by atoms with E-state index in [4.69, 9.17) is 0 Å². The third-order valence-electron chi connectivity index (χ3n) is 2.77. The molecule has 3 amide bonds. The van der Waals surface area contributed by atoms with Crippen LogP contribution in [0.5, 0.6) is 0 Å². The Hall–Kier alpha value is -1.26. The lowest BCUT2D eigenvalue weighted by Gasteiger charge is -2.15. The van der Waals surface area contributed by atoms with Crippen LogP contribution in [0.3, 0.4) is 0 Å². The minimum Gasteiger partial charge on any atom is -0.341 e. The van der Waals surface area contributed by atoms with Crippen LogP contribution in [0, 0.1) is 0 Å². The Labute approximate surface area is 89.2 Å². The third-order valence-corrected chi connectivity index (χ3v) is 2.77. The van der Waals surface area contributed by atoms with Crippen LogP contribution in [-0.2, 0) is 4.79 Å². The van der Waals surface area contributed by atoms with Crippen molar-refractivity contribution in [2.75, 3.05) is 19.6 Å². The second kappa shape index (κ2) is 4.51. The van der Waals surface area contributed by atoms with Gasteiger partial charge in [0, 0.05) is 19.1 Å². The number of likely N-dealkylation sites (tertiary alicyclic amines) is 1. The SMILES string of the molecule is O=C(NCC(=O)N1CCCC1)NC1CC1. The molecule has 5 nitrogen and oxygen atoms in total. The van der Waals surface area contributed by atoms with Crippen LogP contribution in [0.2, 0.25) is 0 Å². The molecule has 15 heavy (non-hydrogen) atoms. The van der Waals surface area contributed by atoms with Gasteiger partial charge in [-0.2, -0.15) is 0 Å². The van der Waals surface area contributed by atoms with Crippen molar-refractivity contribution in [3.63, 3.8) is 0 Å². The predicted octanol–water partition coefficient (Wildman–Crippen LogP) is 0.0704. The standard InChI is InChI=1S/C10H17N3O2/c14-9(13-5-1-2-6-13)7-11-10(15)12-8-3-4-8/h8H,1-7H2,(H2,11,12,15). The molecule has 1 saturated carbocycles. The number of nitrogens with one attached hydrogen (secondary N) is 2. The van der Waals surface area contributed by atoms with E-state index in [9.17, 15) is 9.59 Å². The van der Waals surface area contributed by atoms with E-state index >= 15 is 0 Å². The van der Waals surface area contributed by atoms with E-state index < -0.39 is 0 Å². The number of urea groups is 1. The zero-order chi connectivity index (χ0) is 10.7. The van der Waals surface area contributed by atoms with Crippen molar-refractivity contribution in [2.45, 2.75) is 31.7 Å². The number of nitrogens with zero attached hydrogens (tertiary/aromatic N) is 1. The number of carbonyl (C=O) groups is 2. The normalized spacial score (nSPS) is 20.1. The smallest absolute Gasteiger partial charge is 0.315 e. The molecule has 2 aliphatic rings. The van der Waals surface area contributed by atoms with Crippen LogP contribution in [0.15, 0.2) is 0 Å². The fourth-order valence-corrected chi connectivity index (χ4v) is 1.70. The Morgan fingerprint density at radius 2 is 1.87 bits per heavy atom. The first kappa shape index (κ1) is 10.3. The molecule has 0 aromatic carbocycles. The van der Waals surface area contributed by atoms with Gasteiger partial charge in [0.15, 0.2) is 0 Å². The Morgan fingerprint density at radius 1 is 1.20 bits per heavy atom. The Kier molecular flexibility index (Phi) is 3.08. The summed E-state index contributed by atoms with van der Waals surface area (Å²) in [6, 6.07) is 0.122. The van der Waals surface area contributed by atoms with Gasteiger partial charge in [0.2, 0.25) is 5.91 Å². The highest BCUT2D eigenvalue weighted by Gasteiger charge is 2.24. The molecular weight excluding hydrogens is 194 g/mol. The summed E-state index contributed by atoms with van der Waals surface area (Å²) < 4.78 is 0. The molecule has 0 spiro atoms. The molecule has 0 atom stereocenters. The van der Waals surface area contributed by atoms with Gasteiger partial charge in [0.05, 0.1) is 6.54 Å². The number of hydrogen-bond acceptors (Lipinski definition) is 2. The van der Waals surface area contributed by atoms with Crippen LogP contribution in [0.4, 0.5) is 4.79 Å². The van der Waals surface area contributed by atoms with Crippen molar-refractivity contribution in [3.05, 3.63) is 0 Å². The van der Waals surface area contributed by atoms with E-state index in [1.165, 1.54) is 0 Å². The maximum absolute atomic E-state index is 11.5. The molecule has 1 saturated heterocycles. The summed E-state index contributed by atoms with van der Waals surface area (Å²) in [6.07, 6.45) is 4.29. The third kappa shape index (κ3) is 3.11. The fraction of sp³-hybridized carbons (Fsp3) is 0.800. The molecule has 1 aliphatic heterocycles. The molecule has 0 unspecified atom stereocenters. The maximum atomic E-state index is 11.5. The fourth-order valence-electron chi connectivity index (χ4n) is 1.70. The molecule has 1 aliphatic carbocycles. The van der Waals surface area contributed by atoms with Gasteiger partial charge in [-0.3, -0.25) is 4.79 Å². The van der Waals surface area contributed by atoms with E-state index in [0.29, 0.717) is 6.04 Å². The molecule has 0 bridgehead atoms. The van der Waals surface area contributed by atoms with Crippen molar-refractivity contribution >= 4 is 11.9 Å². The summed E-state index contributed by atoms with van der Waals surface area (Å²) in [5.74, 6) is 0.0263. The lowest BCUT2D eigenvalue weighted by atomic mass is 10.4. The average molecular weight is 211 g/mol. The molecule has 2 fully saturated rings. The lowest BCUT2D eigenvalue weighted by molar-refractivity contribution is -0.128. The second-order valence-electron chi connectivity index (χ2n) is 4.19. The Morgan fingerprint density at radius 3 is 2.47 bits per heavy atom. The van der Waals surface area contributed by atoms with Crippen LogP contribution in [0.1, 0.15) is 25.7 Å². The first-order chi connectivity index (χ1) is 7.25. The quantitative estimate of drug-likeness (QED) is 0.694. The molecule has 0 aromatic rings. The topological polar surface area (TPSA) is 61.4 Å². The van der Waals surface area contributed by atoms with Gasteiger partial charge < -0.3 is 15.5 Å². The maximum Gasteiger partial charge on any atom is 0.315 e. The molecule has 84 valence electrons. The van der Waals surface area contributed by atoms with Crippen molar-refractivity contribution < 1.29 is 9.59 Å². The zero-order valence-corrected chi connectivity index (χ0v) is 8.79. The van der Waals surface area contributed by atoms with Crippen molar-refractivity contribution in [1.82, 2.24) is 15.5 Å². The van der Waals surface area contributed by atoms with Crippen molar-refractivity contribution in [1.29, 1.82) is 0 Å². The highest BCUT2D eigenvalue weighted by atomic mass is 16.2. The average Bonchev–Trinajstić information content (AvgIpc) is 2.86. The molecular formula is C10H17N3O2. The zero-order valence-electron chi connectivity index (χ0n) is 8.79. The summed E-state index contributed by atoms with van der Waals surface area (Å²) in [5, 5.41) is 5.37. The van der Waals surface area contributed by atoms with Crippen LogP contribution in [0.25, 0.3) is 0 Å². The van der Waals surface area contributed by atoms with E-state index in [2.05, 4.69) is 10.6 Å². The molecule has 1 heterocycles. The highest BCUT2D eigenvalue weighted by molar-refractivity contribution is 5.84.